The van der Waals surface area contributed by atoms with Gasteiger partial charge in [0.2, 0.25) is 0 Å². The third-order valence-corrected chi connectivity index (χ3v) is 4.26. The summed E-state index contributed by atoms with van der Waals surface area (Å²) in [4.78, 5) is 4.23. The van der Waals surface area contributed by atoms with Crippen LogP contribution in [0.25, 0.3) is 0 Å². The Labute approximate surface area is 162 Å². The summed E-state index contributed by atoms with van der Waals surface area (Å²) >= 11 is 0. The summed E-state index contributed by atoms with van der Waals surface area (Å²) in [5.74, 6) is 2.40. The summed E-state index contributed by atoms with van der Waals surface area (Å²) in [7, 11) is 3.41. The van der Waals surface area contributed by atoms with Crippen molar-refractivity contribution in [3.8, 4) is 11.5 Å². The minimum absolute atomic E-state index is 0.00619. The lowest BCUT2D eigenvalue weighted by molar-refractivity contribution is 0.0168. The highest BCUT2D eigenvalue weighted by Gasteiger charge is 2.14. The fourth-order valence-corrected chi connectivity index (χ4v) is 2.76. The van der Waals surface area contributed by atoms with Gasteiger partial charge in [0.05, 0.1) is 26.4 Å². The number of benzene rings is 1. The highest BCUT2D eigenvalue weighted by atomic mass is 16.5. The summed E-state index contributed by atoms with van der Waals surface area (Å²) in [6.07, 6.45) is 3.49. The summed E-state index contributed by atoms with van der Waals surface area (Å²) in [5.41, 5.74) is 0. The predicted molar refractivity (Wildman–Crippen MR) is 107 cm³/mol. The van der Waals surface area contributed by atoms with Crippen LogP contribution in [-0.2, 0) is 9.47 Å². The van der Waals surface area contributed by atoms with E-state index in [4.69, 9.17) is 18.9 Å². The summed E-state index contributed by atoms with van der Waals surface area (Å²) < 4.78 is 22.2. The molecule has 2 rings (SSSR count). The number of methoxy groups -OCH3 is 1. The Kier molecular flexibility index (Phi) is 9.79. The lowest BCUT2D eigenvalue weighted by atomic mass is 10.2. The quantitative estimate of drug-likeness (QED) is 0.349. The second-order valence-corrected chi connectivity index (χ2v) is 6.55. The van der Waals surface area contributed by atoms with E-state index in [2.05, 4.69) is 15.6 Å². The molecule has 7 nitrogen and oxygen atoms in total. The zero-order chi connectivity index (χ0) is 19.3. The minimum atomic E-state index is 0.00619. The van der Waals surface area contributed by atoms with Crippen LogP contribution in [0.15, 0.2) is 29.3 Å². The van der Waals surface area contributed by atoms with E-state index in [9.17, 15) is 0 Å². The molecule has 0 spiro atoms. The monoisotopic (exact) mass is 379 g/mol. The van der Waals surface area contributed by atoms with Crippen LogP contribution in [0.1, 0.15) is 26.2 Å². The van der Waals surface area contributed by atoms with E-state index in [0.717, 1.165) is 56.5 Å². The first-order valence-electron chi connectivity index (χ1n) is 9.66. The number of rotatable bonds is 11. The van der Waals surface area contributed by atoms with Crippen LogP contribution in [-0.4, -0.2) is 65.2 Å². The van der Waals surface area contributed by atoms with Crippen molar-refractivity contribution in [1.82, 2.24) is 10.6 Å². The van der Waals surface area contributed by atoms with Crippen LogP contribution in [0.2, 0.25) is 0 Å². The fraction of sp³-hybridized carbons (Fsp3) is 0.650. The van der Waals surface area contributed by atoms with Crippen molar-refractivity contribution >= 4 is 5.96 Å². The van der Waals surface area contributed by atoms with E-state index < -0.39 is 0 Å². The molecule has 1 saturated heterocycles. The van der Waals surface area contributed by atoms with Gasteiger partial charge >= 0.3 is 0 Å². The SMILES string of the molecule is CN=C(NCCCOCC1CCCO1)NCC(C)Oc1ccc(OC)cc1. The molecule has 1 aromatic carbocycles. The lowest BCUT2D eigenvalue weighted by Gasteiger charge is -2.18. The maximum Gasteiger partial charge on any atom is 0.191 e. The van der Waals surface area contributed by atoms with Crippen molar-refractivity contribution in [2.24, 2.45) is 4.99 Å². The Bertz CT molecular complexity index is 545. The zero-order valence-electron chi connectivity index (χ0n) is 16.7. The number of ether oxygens (including phenoxy) is 4. The molecule has 0 radical (unpaired) electrons. The molecule has 7 heteroatoms. The van der Waals surface area contributed by atoms with Crippen LogP contribution in [0, 0.1) is 0 Å². The van der Waals surface area contributed by atoms with Crippen LogP contribution >= 0.6 is 0 Å². The first kappa shape index (κ1) is 21.3. The Morgan fingerprint density at radius 1 is 1.26 bits per heavy atom. The topological polar surface area (TPSA) is 73.3 Å². The van der Waals surface area contributed by atoms with Crippen molar-refractivity contribution in [1.29, 1.82) is 0 Å². The highest BCUT2D eigenvalue weighted by molar-refractivity contribution is 5.79. The van der Waals surface area contributed by atoms with Gasteiger partial charge in [-0.25, -0.2) is 0 Å². The van der Waals surface area contributed by atoms with Gasteiger partial charge in [0.25, 0.3) is 0 Å². The summed E-state index contributed by atoms with van der Waals surface area (Å²) in [5, 5.41) is 6.56. The van der Waals surface area contributed by atoms with Gasteiger partial charge in [-0.2, -0.15) is 0 Å². The molecule has 1 aliphatic heterocycles. The molecular weight excluding hydrogens is 346 g/mol. The average Bonchev–Trinajstić information content (AvgIpc) is 3.21. The first-order chi connectivity index (χ1) is 13.2. The molecule has 2 unspecified atom stereocenters. The van der Waals surface area contributed by atoms with Gasteiger partial charge in [0.15, 0.2) is 5.96 Å². The fourth-order valence-electron chi connectivity index (χ4n) is 2.76. The second kappa shape index (κ2) is 12.4. The van der Waals surface area contributed by atoms with Crippen molar-refractivity contribution < 1.29 is 18.9 Å². The van der Waals surface area contributed by atoms with Crippen LogP contribution in [0.4, 0.5) is 0 Å². The normalized spacial score (nSPS) is 18.2. The molecule has 0 saturated carbocycles. The summed E-state index contributed by atoms with van der Waals surface area (Å²) in [6, 6.07) is 7.58. The number of hydrogen-bond acceptors (Lipinski definition) is 5. The van der Waals surface area contributed by atoms with Crippen LogP contribution < -0.4 is 20.1 Å². The van der Waals surface area contributed by atoms with Crippen LogP contribution in [0.5, 0.6) is 11.5 Å². The maximum atomic E-state index is 5.88. The highest BCUT2D eigenvalue weighted by Crippen LogP contribution is 2.18. The molecule has 0 aromatic heterocycles. The molecule has 0 amide bonds. The van der Waals surface area contributed by atoms with Gasteiger partial charge in [-0.1, -0.05) is 0 Å². The molecule has 1 heterocycles. The van der Waals surface area contributed by atoms with E-state index >= 15 is 0 Å². The van der Waals surface area contributed by atoms with E-state index in [1.807, 2.05) is 31.2 Å². The maximum absolute atomic E-state index is 5.88. The Balaban J connectivity index is 1.54. The standard InChI is InChI=1S/C20H33N3O4/c1-16(27-18-9-7-17(24-3)8-10-18)14-23-20(21-2)22-11-5-12-25-15-19-6-4-13-26-19/h7-10,16,19H,4-6,11-15H2,1-3H3,(H2,21,22,23). The first-order valence-corrected chi connectivity index (χ1v) is 9.66. The van der Waals surface area contributed by atoms with Gasteiger partial charge in [-0.15, -0.1) is 0 Å². The molecule has 1 aromatic rings. The van der Waals surface area contributed by atoms with Crippen molar-refractivity contribution in [2.45, 2.75) is 38.4 Å². The van der Waals surface area contributed by atoms with Crippen molar-refractivity contribution in [3.63, 3.8) is 0 Å². The predicted octanol–water partition coefficient (Wildman–Crippen LogP) is 2.21. The molecule has 2 atom stereocenters. The molecule has 1 aliphatic rings. The van der Waals surface area contributed by atoms with Gasteiger partial charge in [-0.05, 0) is 50.5 Å². The Morgan fingerprint density at radius 2 is 2.04 bits per heavy atom. The molecule has 152 valence electrons. The smallest absolute Gasteiger partial charge is 0.191 e. The number of hydrogen-bond donors (Lipinski definition) is 2. The van der Waals surface area contributed by atoms with E-state index in [0.29, 0.717) is 19.3 Å². The molecule has 1 fully saturated rings. The minimum Gasteiger partial charge on any atom is -0.497 e. The Morgan fingerprint density at radius 3 is 2.70 bits per heavy atom. The van der Waals surface area contributed by atoms with Gasteiger partial charge < -0.3 is 29.6 Å². The number of aliphatic imine (C=N–C) groups is 1. The molecule has 0 aliphatic carbocycles. The molecule has 2 N–H and O–H groups in total. The molecule has 0 bridgehead atoms. The van der Waals surface area contributed by atoms with Crippen molar-refractivity contribution in [3.05, 3.63) is 24.3 Å². The zero-order valence-corrected chi connectivity index (χ0v) is 16.7. The number of nitrogens with one attached hydrogen (secondary N) is 2. The lowest BCUT2D eigenvalue weighted by Crippen LogP contribution is -2.42. The van der Waals surface area contributed by atoms with Crippen molar-refractivity contribution in [2.75, 3.05) is 47.1 Å². The average molecular weight is 380 g/mol. The largest absolute Gasteiger partial charge is 0.497 e. The van der Waals surface area contributed by atoms with E-state index in [1.165, 1.54) is 0 Å². The van der Waals surface area contributed by atoms with Gasteiger partial charge in [0, 0.05) is 26.8 Å². The summed E-state index contributed by atoms with van der Waals surface area (Å²) in [6.45, 7) is 5.77. The van der Waals surface area contributed by atoms with E-state index in [1.54, 1.807) is 14.2 Å². The second-order valence-electron chi connectivity index (χ2n) is 6.55. The Hall–Kier alpha value is -1.99. The number of guanidine groups is 1. The third kappa shape index (κ3) is 8.49. The van der Waals surface area contributed by atoms with Gasteiger partial charge in [0.1, 0.15) is 17.6 Å². The molecule has 27 heavy (non-hydrogen) atoms. The molecular formula is C20H33N3O4. The van der Waals surface area contributed by atoms with Crippen LogP contribution in [0.3, 0.4) is 0 Å². The third-order valence-electron chi connectivity index (χ3n) is 4.26. The number of nitrogens with zero attached hydrogens (tertiary/aromatic N) is 1. The van der Waals surface area contributed by atoms with Gasteiger partial charge in [-0.3, -0.25) is 4.99 Å². The van der Waals surface area contributed by atoms with E-state index in [-0.39, 0.29) is 6.10 Å².